The molecule has 0 radical (unpaired) electrons. The number of nitrogens with two attached hydrogens (primary N) is 1. The molecule has 2 nitrogen and oxygen atoms in total. The van der Waals surface area contributed by atoms with Crippen molar-refractivity contribution in [1.82, 2.24) is 4.98 Å². The third-order valence-corrected chi connectivity index (χ3v) is 2.89. The second-order valence-electron chi connectivity index (χ2n) is 3.73. The second kappa shape index (κ2) is 5.23. The second-order valence-corrected chi connectivity index (χ2v) is 4.65. The molecule has 1 aromatic heterocycles. The van der Waals surface area contributed by atoms with Gasteiger partial charge in [-0.1, -0.05) is 30.3 Å². The molecule has 1 aromatic carbocycles. The molecule has 0 amide bonds. The lowest BCUT2D eigenvalue weighted by molar-refractivity contribution is 0.717. The predicted molar refractivity (Wildman–Crippen MR) is 69.0 cm³/mol. The molecule has 0 saturated heterocycles. The SMILES string of the molecule is N[C@@H](Cc1ccccc1)c1cncc(Br)c1. The molecule has 16 heavy (non-hydrogen) atoms. The van der Waals surface area contributed by atoms with Crippen LogP contribution in [-0.2, 0) is 6.42 Å². The van der Waals surface area contributed by atoms with Gasteiger partial charge in [0.1, 0.15) is 0 Å². The molecule has 0 aliphatic carbocycles. The quantitative estimate of drug-likeness (QED) is 0.936. The summed E-state index contributed by atoms with van der Waals surface area (Å²) < 4.78 is 0.966. The number of rotatable bonds is 3. The third kappa shape index (κ3) is 2.90. The molecule has 0 spiro atoms. The number of hydrogen-bond acceptors (Lipinski definition) is 2. The van der Waals surface area contributed by atoms with E-state index >= 15 is 0 Å². The average molecular weight is 277 g/mol. The van der Waals surface area contributed by atoms with E-state index < -0.39 is 0 Å². The Labute approximate surface area is 104 Å². The van der Waals surface area contributed by atoms with Crippen LogP contribution in [0.4, 0.5) is 0 Å². The van der Waals surface area contributed by atoms with E-state index in [1.54, 1.807) is 6.20 Å². The summed E-state index contributed by atoms with van der Waals surface area (Å²) in [5.74, 6) is 0. The fourth-order valence-electron chi connectivity index (χ4n) is 1.62. The van der Waals surface area contributed by atoms with Crippen LogP contribution in [0.1, 0.15) is 17.2 Å². The Bertz CT molecular complexity index is 456. The zero-order valence-corrected chi connectivity index (χ0v) is 10.4. The van der Waals surface area contributed by atoms with Crippen LogP contribution < -0.4 is 5.73 Å². The van der Waals surface area contributed by atoms with Crippen molar-refractivity contribution in [3.8, 4) is 0 Å². The van der Waals surface area contributed by atoms with Gasteiger partial charge >= 0.3 is 0 Å². The van der Waals surface area contributed by atoms with Gasteiger partial charge in [-0.2, -0.15) is 0 Å². The number of halogens is 1. The van der Waals surface area contributed by atoms with Gasteiger partial charge in [-0.15, -0.1) is 0 Å². The summed E-state index contributed by atoms with van der Waals surface area (Å²) in [5, 5.41) is 0. The lowest BCUT2D eigenvalue weighted by atomic mass is 10.0. The Hall–Kier alpha value is -1.19. The van der Waals surface area contributed by atoms with E-state index in [1.807, 2.05) is 30.5 Å². The maximum atomic E-state index is 6.14. The smallest absolute Gasteiger partial charge is 0.0410 e. The van der Waals surface area contributed by atoms with Crippen LogP contribution in [0.15, 0.2) is 53.3 Å². The molecule has 1 heterocycles. The van der Waals surface area contributed by atoms with Crippen molar-refractivity contribution < 1.29 is 0 Å². The lowest BCUT2D eigenvalue weighted by Crippen LogP contribution is -2.13. The monoisotopic (exact) mass is 276 g/mol. The van der Waals surface area contributed by atoms with E-state index in [1.165, 1.54) is 5.56 Å². The van der Waals surface area contributed by atoms with Crippen molar-refractivity contribution in [2.24, 2.45) is 5.73 Å². The molecule has 0 unspecified atom stereocenters. The highest BCUT2D eigenvalue weighted by atomic mass is 79.9. The first-order chi connectivity index (χ1) is 7.75. The van der Waals surface area contributed by atoms with Crippen LogP contribution in [0.5, 0.6) is 0 Å². The van der Waals surface area contributed by atoms with Gasteiger partial charge in [-0.05, 0) is 39.5 Å². The minimum Gasteiger partial charge on any atom is -0.324 e. The highest BCUT2D eigenvalue weighted by Gasteiger charge is 2.07. The van der Waals surface area contributed by atoms with Crippen molar-refractivity contribution in [3.05, 3.63) is 64.4 Å². The van der Waals surface area contributed by atoms with Crippen LogP contribution >= 0.6 is 15.9 Å². The summed E-state index contributed by atoms with van der Waals surface area (Å²) >= 11 is 3.40. The van der Waals surface area contributed by atoms with Crippen molar-refractivity contribution in [2.75, 3.05) is 0 Å². The highest BCUT2D eigenvalue weighted by molar-refractivity contribution is 9.10. The molecule has 0 bridgehead atoms. The number of pyridine rings is 1. The topological polar surface area (TPSA) is 38.9 Å². The van der Waals surface area contributed by atoms with Gasteiger partial charge in [0, 0.05) is 22.9 Å². The summed E-state index contributed by atoms with van der Waals surface area (Å²) in [5.41, 5.74) is 8.43. The van der Waals surface area contributed by atoms with Gasteiger partial charge < -0.3 is 5.73 Å². The minimum atomic E-state index is -0.00704. The molecule has 0 aliphatic heterocycles. The van der Waals surface area contributed by atoms with E-state index in [9.17, 15) is 0 Å². The molecule has 0 aliphatic rings. The van der Waals surface area contributed by atoms with Crippen LogP contribution in [0.2, 0.25) is 0 Å². The molecule has 3 heteroatoms. The minimum absolute atomic E-state index is 0.00704. The Kier molecular flexibility index (Phi) is 3.70. The fraction of sp³-hybridized carbons (Fsp3) is 0.154. The van der Waals surface area contributed by atoms with E-state index in [-0.39, 0.29) is 6.04 Å². The van der Waals surface area contributed by atoms with Crippen LogP contribution in [-0.4, -0.2) is 4.98 Å². The van der Waals surface area contributed by atoms with E-state index in [0.717, 1.165) is 16.5 Å². The van der Waals surface area contributed by atoms with Gasteiger partial charge in [0.15, 0.2) is 0 Å². The van der Waals surface area contributed by atoms with Crippen LogP contribution in [0, 0.1) is 0 Å². The molecule has 2 rings (SSSR count). The maximum absolute atomic E-state index is 6.14. The van der Waals surface area contributed by atoms with Gasteiger partial charge in [-0.25, -0.2) is 0 Å². The predicted octanol–water partition coefficient (Wildman–Crippen LogP) is 3.09. The Balaban J connectivity index is 2.12. The van der Waals surface area contributed by atoms with Crippen molar-refractivity contribution >= 4 is 15.9 Å². The zero-order valence-electron chi connectivity index (χ0n) is 8.81. The molecular weight excluding hydrogens is 264 g/mol. The van der Waals surface area contributed by atoms with E-state index in [2.05, 4.69) is 33.0 Å². The summed E-state index contributed by atoms with van der Waals surface area (Å²) in [6.45, 7) is 0. The molecule has 82 valence electrons. The van der Waals surface area contributed by atoms with Gasteiger partial charge in [0.05, 0.1) is 0 Å². The van der Waals surface area contributed by atoms with Crippen LogP contribution in [0.25, 0.3) is 0 Å². The largest absolute Gasteiger partial charge is 0.324 e. The summed E-state index contributed by atoms with van der Waals surface area (Å²) in [4.78, 5) is 4.12. The molecular formula is C13H13BrN2. The van der Waals surface area contributed by atoms with Gasteiger partial charge in [0.2, 0.25) is 0 Å². The molecule has 0 fully saturated rings. The molecule has 2 aromatic rings. The molecule has 1 atom stereocenters. The first-order valence-electron chi connectivity index (χ1n) is 5.15. The van der Waals surface area contributed by atoms with Crippen molar-refractivity contribution in [1.29, 1.82) is 0 Å². The number of hydrogen-bond donors (Lipinski definition) is 1. The third-order valence-electron chi connectivity index (χ3n) is 2.45. The van der Waals surface area contributed by atoms with E-state index in [4.69, 9.17) is 5.73 Å². The number of aromatic nitrogens is 1. The Morgan fingerprint density at radius 3 is 2.62 bits per heavy atom. The van der Waals surface area contributed by atoms with E-state index in [0.29, 0.717) is 0 Å². The fourth-order valence-corrected chi connectivity index (χ4v) is 2.00. The average Bonchev–Trinajstić information content (AvgIpc) is 2.30. The van der Waals surface area contributed by atoms with Crippen molar-refractivity contribution in [3.63, 3.8) is 0 Å². The zero-order chi connectivity index (χ0) is 11.4. The summed E-state index contributed by atoms with van der Waals surface area (Å²) in [7, 11) is 0. The normalized spacial score (nSPS) is 12.4. The molecule has 2 N–H and O–H groups in total. The van der Waals surface area contributed by atoms with Crippen molar-refractivity contribution in [2.45, 2.75) is 12.5 Å². The van der Waals surface area contributed by atoms with Gasteiger partial charge in [-0.3, -0.25) is 4.98 Å². The first kappa shape index (κ1) is 11.3. The number of nitrogens with zero attached hydrogens (tertiary/aromatic N) is 1. The molecule has 0 saturated carbocycles. The maximum Gasteiger partial charge on any atom is 0.0410 e. The van der Waals surface area contributed by atoms with Gasteiger partial charge in [0.25, 0.3) is 0 Å². The summed E-state index contributed by atoms with van der Waals surface area (Å²) in [6.07, 6.45) is 4.41. The summed E-state index contributed by atoms with van der Waals surface area (Å²) in [6, 6.07) is 12.3. The Morgan fingerprint density at radius 1 is 1.19 bits per heavy atom. The van der Waals surface area contributed by atoms with Crippen LogP contribution in [0.3, 0.4) is 0 Å². The standard InChI is InChI=1S/C13H13BrN2/c14-12-7-11(8-16-9-12)13(15)6-10-4-2-1-3-5-10/h1-5,7-9,13H,6,15H2/t13-/m0/s1. The Morgan fingerprint density at radius 2 is 1.94 bits per heavy atom. The lowest BCUT2D eigenvalue weighted by Gasteiger charge is -2.11. The highest BCUT2D eigenvalue weighted by Crippen LogP contribution is 2.18. The number of benzene rings is 1. The first-order valence-corrected chi connectivity index (χ1v) is 5.95.